The van der Waals surface area contributed by atoms with Crippen LogP contribution >= 0.6 is 11.6 Å². The maximum atomic E-state index is 10.7. The van der Waals surface area contributed by atoms with Crippen molar-refractivity contribution in [3.8, 4) is 0 Å². The van der Waals surface area contributed by atoms with E-state index in [9.17, 15) is 4.79 Å². The molecule has 0 saturated heterocycles. The monoisotopic (exact) mass is 248 g/mol. The van der Waals surface area contributed by atoms with Crippen molar-refractivity contribution in [3.63, 3.8) is 0 Å². The summed E-state index contributed by atoms with van der Waals surface area (Å²) < 4.78 is 6.27. The van der Waals surface area contributed by atoms with Gasteiger partial charge in [-0.05, 0) is 0 Å². The average molecular weight is 247 g/mol. The van der Waals surface area contributed by atoms with Crippen LogP contribution in [0, 0.1) is 0 Å². The van der Waals surface area contributed by atoms with Crippen molar-refractivity contribution in [2.45, 2.75) is 17.3 Å². The zero-order chi connectivity index (χ0) is 9.35. The first kappa shape index (κ1) is 9.87. The van der Waals surface area contributed by atoms with Crippen LogP contribution < -0.4 is 4.59 Å². The fraction of sp³-hybridized carbons (Fsp3) is 0.375. The number of hydrogen-bond acceptors (Lipinski definition) is 2. The van der Waals surface area contributed by atoms with E-state index >= 15 is 0 Å². The molecular formula is C8H11ClGeO2. The second kappa shape index (κ2) is 3.26. The molecule has 0 spiro atoms. The Balaban J connectivity index is 3.00. The number of carbonyl (C=O) groups is 1. The molecule has 1 heterocycles. The van der Waals surface area contributed by atoms with Gasteiger partial charge in [-0.15, -0.1) is 0 Å². The van der Waals surface area contributed by atoms with Crippen LogP contribution in [0.15, 0.2) is 16.5 Å². The molecule has 0 fully saturated rings. The third-order valence-corrected chi connectivity index (χ3v) is 5.39. The van der Waals surface area contributed by atoms with E-state index < -0.39 is 18.5 Å². The number of carbonyl (C=O) groups excluding carboxylic acids is 1. The second-order valence-corrected chi connectivity index (χ2v) is 14.5. The van der Waals surface area contributed by atoms with Crippen molar-refractivity contribution in [2.75, 3.05) is 0 Å². The maximum absolute atomic E-state index is 10.7. The molecule has 2 nitrogen and oxygen atoms in total. The van der Waals surface area contributed by atoms with E-state index in [-0.39, 0.29) is 5.76 Å². The molecule has 0 amide bonds. The molecule has 1 aromatic rings. The van der Waals surface area contributed by atoms with Gasteiger partial charge in [0.15, 0.2) is 0 Å². The van der Waals surface area contributed by atoms with Gasteiger partial charge >= 0.3 is 79.1 Å². The molecule has 12 heavy (non-hydrogen) atoms. The third-order valence-electron chi connectivity index (χ3n) is 1.54. The van der Waals surface area contributed by atoms with E-state index in [1.54, 1.807) is 6.07 Å². The molecule has 0 saturated carbocycles. The van der Waals surface area contributed by atoms with E-state index in [4.69, 9.17) is 16.0 Å². The van der Waals surface area contributed by atoms with Crippen LogP contribution in [0.1, 0.15) is 10.6 Å². The molecule has 1 rings (SSSR count). The summed E-state index contributed by atoms with van der Waals surface area (Å²) in [4.78, 5) is 10.7. The van der Waals surface area contributed by atoms with Crippen LogP contribution in [0.2, 0.25) is 17.3 Å². The van der Waals surface area contributed by atoms with E-state index in [0.29, 0.717) is 0 Å². The van der Waals surface area contributed by atoms with Gasteiger partial charge in [-0.25, -0.2) is 0 Å². The predicted molar refractivity (Wildman–Crippen MR) is 51.9 cm³/mol. The number of furan rings is 1. The molecule has 0 atom stereocenters. The summed E-state index contributed by atoms with van der Waals surface area (Å²) in [5.41, 5.74) is 0. The Morgan fingerprint density at radius 1 is 1.42 bits per heavy atom. The summed E-state index contributed by atoms with van der Waals surface area (Å²) in [6.45, 7) is 0. The minimum atomic E-state index is -1.91. The summed E-state index contributed by atoms with van der Waals surface area (Å²) >= 11 is 3.34. The molecule has 0 aliphatic rings. The second-order valence-electron chi connectivity index (χ2n) is 3.69. The Kier molecular flexibility index (Phi) is 2.68. The Morgan fingerprint density at radius 3 is 2.25 bits per heavy atom. The first-order valence-corrected chi connectivity index (χ1v) is 11.4. The van der Waals surface area contributed by atoms with Gasteiger partial charge in [-0.2, -0.15) is 0 Å². The first-order chi connectivity index (χ1) is 5.41. The fourth-order valence-electron chi connectivity index (χ4n) is 0.847. The molecule has 0 radical (unpaired) electrons. The quantitative estimate of drug-likeness (QED) is 0.592. The molecule has 1 aromatic heterocycles. The van der Waals surface area contributed by atoms with Crippen molar-refractivity contribution in [1.82, 2.24) is 0 Å². The van der Waals surface area contributed by atoms with Crippen LogP contribution in [-0.4, -0.2) is 18.5 Å². The number of halogens is 1. The molecule has 4 heteroatoms. The van der Waals surface area contributed by atoms with Crippen molar-refractivity contribution in [2.24, 2.45) is 0 Å². The van der Waals surface area contributed by atoms with Crippen molar-refractivity contribution < 1.29 is 9.21 Å². The minimum absolute atomic E-state index is 0.257. The van der Waals surface area contributed by atoms with Gasteiger partial charge in [0, 0.05) is 0 Å². The summed E-state index contributed by atoms with van der Waals surface area (Å²) in [5.74, 6) is 6.84. The Hall–Kier alpha value is -0.217. The van der Waals surface area contributed by atoms with Gasteiger partial charge in [-0.3, -0.25) is 0 Å². The molecule has 0 aromatic carbocycles. The van der Waals surface area contributed by atoms with Gasteiger partial charge < -0.3 is 0 Å². The molecule has 0 bridgehead atoms. The summed E-state index contributed by atoms with van der Waals surface area (Å²) in [7, 11) is 0. The van der Waals surface area contributed by atoms with E-state index in [2.05, 4.69) is 17.3 Å². The van der Waals surface area contributed by atoms with E-state index in [1.807, 2.05) is 6.07 Å². The molecule has 0 N–H and O–H groups in total. The molecular weight excluding hydrogens is 236 g/mol. The Morgan fingerprint density at radius 2 is 2.00 bits per heavy atom. The Labute approximate surface area is 79.3 Å². The molecule has 66 valence electrons. The van der Waals surface area contributed by atoms with Gasteiger partial charge in [0.25, 0.3) is 0 Å². The third kappa shape index (κ3) is 2.14. The van der Waals surface area contributed by atoms with Gasteiger partial charge in [0.05, 0.1) is 0 Å². The summed E-state index contributed by atoms with van der Waals surface area (Å²) in [5, 5.41) is -0.520. The summed E-state index contributed by atoms with van der Waals surface area (Å²) in [6, 6.07) is 3.50. The average Bonchev–Trinajstić information content (AvgIpc) is 2.30. The molecule has 0 aliphatic heterocycles. The van der Waals surface area contributed by atoms with Crippen LogP contribution in [0.25, 0.3) is 0 Å². The number of hydrogen-bond donors (Lipinski definition) is 0. The zero-order valence-electron chi connectivity index (χ0n) is 7.35. The molecule has 0 unspecified atom stereocenters. The SMILES string of the molecule is [CH3][Ge]([CH3])([CH3])[c]1ccc(C(=O)Cl)o1. The summed E-state index contributed by atoms with van der Waals surface area (Å²) in [6.07, 6.45) is 0. The van der Waals surface area contributed by atoms with Gasteiger partial charge in [0.2, 0.25) is 0 Å². The van der Waals surface area contributed by atoms with Crippen molar-refractivity contribution in [3.05, 3.63) is 17.9 Å². The van der Waals surface area contributed by atoms with E-state index in [0.717, 1.165) is 4.59 Å². The van der Waals surface area contributed by atoms with Crippen molar-refractivity contribution in [1.29, 1.82) is 0 Å². The van der Waals surface area contributed by atoms with Crippen LogP contribution in [0.3, 0.4) is 0 Å². The van der Waals surface area contributed by atoms with Crippen LogP contribution in [-0.2, 0) is 0 Å². The zero-order valence-corrected chi connectivity index (χ0v) is 10.2. The fourth-order valence-corrected chi connectivity index (χ4v) is 3.05. The van der Waals surface area contributed by atoms with Gasteiger partial charge in [-0.1, -0.05) is 0 Å². The first-order valence-electron chi connectivity index (χ1n) is 3.71. The Bertz CT molecular complexity index is 298. The normalized spacial score (nSPS) is 11.7. The standard InChI is InChI=1S/C8H11ClGeO2/c1-10(2,3)7-5-4-6(12-7)8(9)11/h4-5H,1-3H3. The van der Waals surface area contributed by atoms with Crippen LogP contribution in [0.4, 0.5) is 0 Å². The number of rotatable bonds is 2. The molecule has 0 aliphatic carbocycles. The van der Waals surface area contributed by atoms with Crippen LogP contribution in [0.5, 0.6) is 0 Å². The predicted octanol–water partition coefficient (Wildman–Crippen LogP) is 2.20. The van der Waals surface area contributed by atoms with Crippen molar-refractivity contribution >= 4 is 34.7 Å². The van der Waals surface area contributed by atoms with Gasteiger partial charge in [0.1, 0.15) is 0 Å². The topological polar surface area (TPSA) is 30.2 Å². The van der Waals surface area contributed by atoms with E-state index in [1.165, 1.54) is 0 Å².